The standard InChI is InChI=1S/C45H38N4O7S/c50-42-17-18-43(51)49(42)56-45(52)31-19-23-46(24-20-31)57(53,54)41-12-6-3-9-36(41)44-34-15-13-32(47-25-21-29-7-1-4-10-37(29)47)27-39(34)55-40-28-33(14-16-35(40)44)48-26-22-30-8-2-5-11-38(30)48/h1-18,27-28,31H,19-26H2,(H-,50,51)/p+1. The SMILES string of the molecule is O=C(On1c(O)ccc1O)C1CCN(S(=O)(=O)c2ccccc2-c2c3ccc(=[N+]4CCc5ccccc54)cc-3oc3cc(N4CCc5ccccc54)ccc23)CC1. The number of hydrogen-bond donors (Lipinski definition) is 2. The molecular formula is C45H39N4O7S+. The van der Waals surface area contributed by atoms with Gasteiger partial charge in [0.1, 0.15) is 11.3 Å². The molecule has 2 N–H and O–H groups in total. The van der Waals surface area contributed by atoms with Gasteiger partial charge in [-0.3, -0.25) is 0 Å². The van der Waals surface area contributed by atoms with E-state index in [1.807, 2.05) is 24.3 Å². The van der Waals surface area contributed by atoms with E-state index in [4.69, 9.17) is 9.25 Å². The molecule has 0 atom stereocenters. The summed E-state index contributed by atoms with van der Waals surface area (Å²) in [6, 6.07) is 38.7. The molecule has 0 unspecified atom stereocenters. The van der Waals surface area contributed by atoms with Crippen LogP contribution in [0.2, 0.25) is 0 Å². The van der Waals surface area contributed by atoms with E-state index in [1.165, 1.54) is 38.9 Å². The predicted octanol–water partition coefficient (Wildman–Crippen LogP) is 6.83. The van der Waals surface area contributed by atoms with Crippen LogP contribution in [-0.4, -0.2) is 59.8 Å². The van der Waals surface area contributed by atoms with Crippen LogP contribution < -0.4 is 19.7 Å². The highest BCUT2D eigenvalue weighted by Crippen LogP contribution is 2.45. The minimum atomic E-state index is -4.05. The van der Waals surface area contributed by atoms with Gasteiger partial charge in [-0.1, -0.05) is 54.6 Å². The minimum absolute atomic E-state index is 0.0903. The van der Waals surface area contributed by atoms with E-state index in [0.29, 0.717) is 21.6 Å². The third kappa shape index (κ3) is 5.94. The largest absolute Gasteiger partial charge is 0.492 e. The second kappa shape index (κ2) is 13.7. The van der Waals surface area contributed by atoms with Gasteiger partial charge in [0.15, 0.2) is 6.54 Å². The lowest BCUT2D eigenvalue weighted by molar-refractivity contribution is -0.151. The Balaban J connectivity index is 1.07. The number of aromatic hydroxyl groups is 2. The van der Waals surface area contributed by atoms with E-state index >= 15 is 0 Å². The summed E-state index contributed by atoms with van der Waals surface area (Å²) in [5.74, 6) is -1.47. The Labute approximate surface area is 328 Å². The Morgan fingerprint density at radius 2 is 1.49 bits per heavy atom. The number of rotatable bonds is 6. The summed E-state index contributed by atoms with van der Waals surface area (Å²) >= 11 is 0. The Morgan fingerprint density at radius 1 is 0.754 bits per heavy atom. The lowest BCUT2D eigenvalue weighted by Gasteiger charge is -2.30. The number of fused-ring (bicyclic) bond motifs is 4. The van der Waals surface area contributed by atoms with Crippen molar-refractivity contribution in [2.24, 2.45) is 5.92 Å². The monoisotopic (exact) mass is 779 g/mol. The van der Waals surface area contributed by atoms with Gasteiger partial charge in [-0.15, -0.1) is 4.73 Å². The van der Waals surface area contributed by atoms with Crippen molar-refractivity contribution in [1.29, 1.82) is 0 Å². The molecule has 1 aromatic heterocycles. The molecule has 1 aliphatic carbocycles. The van der Waals surface area contributed by atoms with E-state index in [9.17, 15) is 23.4 Å². The van der Waals surface area contributed by atoms with Gasteiger partial charge in [0.05, 0.1) is 16.9 Å². The highest BCUT2D eigenvalue weighted by atomic mass is 32.2. The van der Waals surface area contributed by atoms with E-state index in [2.05, 4.69) is 82.3 Å². The highest BCUT2D eigenvalue weighted by molar-refractivity contribution is 7.89. The van der Waals surface area contributed by atoms with Crippen LogP contribution in [0.3, 0.4) is 0 Å². The normalized spacial score (nSPS) is 16.9. The number of hydrogen-bond acceptors (Lipinski definition) is 8. The number of carbonyl (C=O) groups excluding carboxylic acids is 1. The second-order valence-corrected chi connectivity index (χ2v) is 16.7. The molecule has 4 aromatic carbocycles. The van der Waals surface area contributed by atoms with Gasteiger partial charge in [-0.2, -0.15) is 8.88 Å². The number of sulfonamides is 1. The summed E-state index contributed by atoms with van der Waals surface area (Å²) in [6.07, 6.45) is 2.31. The Hall–Kier alpha value is -6.37. The van der Waals surface area contributed by atoms with Gasteiger partial charge in [-0.25, -0.2) is 13.2 Å². The first kappa shape index (κ1) is 35.1. The average Bonchev–Trinajstić information content (AvgIpc) is 3.96. The number of anilines is 2. The van der Waals surface area contributed by atoms with Crippen molar-refractivity contribution < 1.29 is 32.7 Å². The number of aromatic nitrogens is 1. The van der Waals surface area contributed by atoms with Crippen molar-refractivity contribution in [3.05, 3.63) is 138 Å². The summed E-state index contributed by atoms with van der Waals surface area (Å²) in [5.41, 5.74) is 8.68. The second-order valence-electron chi connectivity index (χ2n) is 14.8. The first-order valence-electron chi connectivity index (χ1n) is 19.2. The Morgan fingerprint density at radius 3 is 2.32 bits per heavy atom. The molecular weight excluding hydrogens is 741 g/mol. The van der Waals surface area contributed by atoms with Crippen molar-refractivity contribution in [3.63, 3.8) is 0 Å². The quantitative estimate of drug-likeness (QED) is 0.139. The van der Waals surface area contributed by atoms with Crippen molar-refractivity contribution in [3.8, 4) is 34.2 Å². The molecule has 12 heteroatoms. The van der Waals surface area contributed by atoms with Crippen molar-refractivity contribution in [2.45, 2.75) is 30.6 Å². The molecule has 1 fully saturated rings. The van der Waals surface area contributed by atoms with E-state index < -0.39 is 33.7 Å². The molecule has 0 saturated carbocycles. The molecule has 0 amide bonds. The molecule has 286 valence electrons. The molecule has 1 saturated heterocycles. The molecule has 0 spiro atoms. The molecule has 5 aromatic rings. The number of nitrogens with zero attached hydrogens (tertiary/aromatic N) is 4. The number of piperidine rings is 1. The molecule has 5 heterocycles. The van der Waals surface area contributed by atoms with Crippen LogP contribution in [-0.2, 0) is 27.7 Å². The smallest absolute Gasteiger partial charge is 0.336 e. The van der Waals surface area contributed by atoms with Crippen molar-refractivity contribution >= 4 is 44.0 Å². The van der Waals surface area contributed by atoms with Gasteiger partial charge in [-0.05, 0) is 55.2 Å². The zero-order chi connectivity index (χ0) is 38.8. The summed E-state index contributed by atoms with van der Waals surface area (Å²) in [4.78, 5) is 20.7. The molecule has 10 rings (SSSR count). The Bertz CT molecular complexity index is 2870. The van der Waals surface area contributed by atoms with Gasteiger partial charge in [0.25, 0.3) is 0 Å². The zero-order valence-electron chi connectivity index (χ0n) is 30.9. The van der Waals surface area contributed by atoms with Crippen LogP contribution >= 0.6 is 0 Å². The van der Waals surface area contributed by atoms with Crippen LogP contribution in [0.15, 0.2) is 131 Å². The zero-order valence-corrected chi connectivity index (χ0v) is 31.7. The lowest BCUT2D eigenvalue weighted by atomic mass is 9.93. The van der Waals surface area contributed by atoms with Crippen LogP contribution in [0, 0.1) is 5.92 Å². The van der Waals surface area contributed by atoms with Gasteiger partial charge in [0, 0.05) is 95.4 Å². The third-order valence-electron chi connectivity index (χ3n) is 11.6. The van der Waals surface area contributed by atoms with E-state index in [-0.39, 0.29) is 30.8 Å². The predicted molar refractivity (Wildman–Crippen MR) is 216 cm³/mol. The van der Waals surface area contributed by atoms with Crippen molar-refractivity contribution in [2.75, 3.05) is 31.1 Å². The highest BCUT2D eigenvalue weighted by Gasteiger charge is 2.36. The van der Waals surface area contributed by atoms with Crippen LogP contribution in [0.25, 0.3) is 33.4 Å². The molecule has 0 radical (unpaired) electrons. The maximum Gasteiger partial charge on any atom is 0.336 e. The molecule has 0 bridgehead atoms. The fourth-order valence-corrected chi connectivity index (χ4v) is 10.4. The average molecular weight is 780 g/mol. The van der Waals surface area contributed by atoms with E-state index in [1.54, 1.807) is 12.1 Å². The van der Waals surface area contributed by atoms with Gasteiger partial charge in [0.2, 0.25) is 32.8 Å². The van der Waals surface area contributed by atoms with Crippen LogP contribution in [0.5, 0.6) is 11.8 Å². The van der Waals surface area contributed by atoms with Crippen LogP contribution in [0.4, 0.5) is 17.1 Å². The third-order valence-corrected chi connectivity index (χ3v) is 13.6. The summed E-state index contributed by atoms with van der Waals surface area (Å²) < 4.78 is 40.5. The van der Waals surface area contributed by atoms with Gasteiger partial charge < -0.3 is 24.4 Å². The summed E-state index contributed by atoms with van der Waals surface area (Å²) in [6.45, 7) is 1.87. The first-order chi connectivity index (χ1) is 27.7. The fourth-order valence-electron chi connectivity index (χ4n) is 8.74. The maximum atomic E-state index is 14.7. The van der Waals surface area contributed by atoms with Gasteiger partial charge >= 0.3 is 5.97 Å². The Kier molecular flexibility index (Phi) is 8.42. The summed E-state index contributed by atoms with van der Waals surface area (Å²) in [5, 5.41) is 21.6. The number of carbonyl (C=O) groups is 1. The molecule has 11 nitrogen and oxygen atoms in total. The molecule has 57 heavy (non-hydrogen) atoms. The molecule has 5 aliphatic rings. The van der Waals surface area contributed by atoms with Crippen LogP contribution in [0.1, 0.15) is 24.0 Å². The minimum Gasteiger partial charge on any atom is -0.492 e. The number of benzene rings is 5. The van der Waals surface area contributed by atoms with Crippen molar-refractivity contribution in [1.82, 2.24) is 13.6 Å². The molecule has 4 aliphatic heterocycles. The first-order valence-corrected chi connectivity index (χ1v) is 20.6. The lowest BCUT2D eigenvalue weighted by Crippen LogP contribution is -2.42. The maximum absolute atomic E-state index is 14.7. The van der Waals surface area contributed by atoms with E-state index in [0.717, 1.165) is 53.5 Å². The topological polar surface area (TPSA) is 128 Å². The fraction of sp³-hybridized carbons (Fsp3) is 0.200. The number of para-hydroxylation sites is 2. The summed E-state index contributed by atoms with van der Waals surface area (Å²) in [7, 11) is -4.05.